The standard InChI is InChI=1S/C16H18BrNO2/c17-14-6-7-16(20)13(9-14)10-18-15(11-19)8-12-4-2-1-3-5-12/h1-7,9,15,18-20H,8,10-11H2/t15-/m0/s1. The number of phenolic OH excluding ortho intramolecular Hbond substituents is 1. The smallest absolute Gasteiger partial charge is 0.120 e. The average Bonchev–Trinajstić information content (AvgIpc) is 2.47. The summed E-state index contributed by atoms with van der Waals surface area (Å²) >= 11 is 3.39. The monoisotopic (exact) mass is 335 g/mol. The molecule has 0 aliphatic rings. The second-order valence-electron chi connectivity index (χ2n) is 4.72. The predicted octanol–water partition coefficient (Wildman–Crippen LogP) is 2.85. The van der Waals surface area contributed by atoms with Crippen LogP contribution in [-0.4, -0.2) is 22.9 Å². The van der Waals surface area contributed by atoms with Crippen LogP contribution in [0.4, 0.5) is 0 Å². The fraction of sp³-hybridized carbons (Fsp3) is 0.250. The van der Waals surface area contributed by atoms with Crippen molar-refractivity contribution < 1.29 is 10.2 Å². The van der Waals surface area contributed by atoms with Gasteiger partial charge < -0.3 is 15.5 Å². The van der Waals surface area contributed by atoms with Gasteiger partial charge in [0.05, 0.1) is 6.61 Å². The minimum atomic E-state index is -0.0317. The largest absolute Gasteiger partial charge is 0.508 e. The molecule has 0 aromatic heterocycles. The van der Waals surface area contributed by atoms with Gasteiger partial charge in [-0.3, -0.25) is 0 Å². The van der Waals surface area contributed by atoms with Gasteiger partial charge in [0.15, 0.2) is 0 Å². The van der Waals surface area contributed by atoms with Crippen molar-refractivity contribution in [3.63, 3.8) is 0 Å². The van der Waals surface area contributed by atoms with E-state index in [0.29, 0.717) is 6.54 Å². The lowest BCUT2D eigenvalue weighted by Crippen LogP contribution is -2.34. The Hall–Kier alpha value is -1.36. The molecule has 1 atom stereocenters. The molecule has 2 rings (SSSR count). The number of hydrogen-bond donors (Lipinski definition) is 3. The number of aliphatic hydroxyl groups is 1. The van der Waals surface area contributed by atoms with Gasteiger partial charge in [-0.2, -0.15) is 0 Å². The average molecular weight is 336 g/mol. The Balaban J connectivity index is 1.95. The molecule has 2 aromatic carbocycles. The van der Waals surface area contributed by atoms with Crippen LogP contribution in [0.1, 0.15) is 11.1 Å². The Labute approximate surface area is 127 Å². The molecule has 0 unspecified atom stereocenters. The first-order valence-electron chi connectivity index (χ1n) is 6.54. The van der Waals surface area contributed by atoms with Crippen LogP contribution in [0.5, 0.6) is 5.75 Å². The van der Waals surface area contributed by atoms with Crippen molar-refractivity contribution in [2.75, 3.05) is 6.61 Å². The molecule has 3 N–H and O–H groups in total. The van der Waals surface area contributed by atoms with Crippen LogP contribution >= 0.6 is 15.9 Å². The number of aliphatic hydroxyl groups excluding tert-OH is 1. The SMILES string of the molecule is OC[C@H](Cc1ccccc1)NCc1cc(Br)ccc1O. The summed E-state index contributed by atoms with van der Waals surface area (Å²) in [5, 5.41) is 22.5. The summed E-state index contributed by atoms with van der Waals surface area (Å²) in [5.41, 5.74) is 1.99. The highest BCUT2D eigenvalue weighted by molar-refractivity contribution is 9.10. The number of nitrogens with one attached hydrogen (secondary N) is 1. The molecule has 0 radical (unpaired) electrons. The second kappa shape index (κ2) is 7.43. The third kappa shape index (κ3) is 4.34. The molecular formula is C16H18BrNO2. The summed E-state index contributed by atoms with van der Waals surface area (Å²) < 4.78 is 0.927. The molecule has 0 spiro atoms. The highest BCUT2D eigenvalue weighted by atomic mass is 79.9. The Bertz CT molecular complexity index is 545. The molecule has 0 aliphatic carbocycles. The van der Waals surface area contributed by atoms with Crippen LogP contribution in [0.25, 0.3) is 0 Å². The van der Waals surface area contributed by atoms with E-state index in [2.05, 4.69) is 21.2 Å². The summed E-state index contributed by atoms with van der Waals surface area (Å²) in [6, 6.07) is 15.3. The highest BCUT2D eigenvalue weighted by Gasteiger charge is 2.09. The molecular weight excluding hydrogens is 318 g/mol. The van der Waals surface area contributed by atoms with Crippen LogP contribution in [0.2, 0.25) is 0 Å². The zero-order valence-corrected chi connectivity index (χ0v) is 12.7. The molecule has 2 aromatic rings. The zero-order chi connectivity index (χ0) is 14.4. The van der Waals surface area contributed by atoms with E-state index in [1.807, 2.05) is 36.4 Å². The van der Waals surface area contributed by atoms with Gasteiger partial charge in [0.2, 0.25) is 0 Å². The van der Waals surface area contributed by atoms with Crippen molar-refractivity contribution in [3.8, 4) is 5.75 Å². The molecule has 0 amide bonds. The molecule has 20 heavy (non-hydrogen) atoms. The first-order valence-corrected chi connectivity index (χ1v) is 7.34. The van der Waals surface area contributed by atoms with Gasteiger partial charge in [0, 0.05) is 22.6 Å². The third-order valence-corrected chi connectivity index (χ3v) is 3.66. The van der Waals surface area contributed by atoms with Crippen LogP contribution in [0.15, 0.2) is 53.0 Å². The molecule has 0 saturated heterocycles. The van der Waals surface area contributed by atoms with E-state index in [1.165, 1.54) is 5.56 Å². The molecule has 106 valence electrons. The van der Waals surface area contributed by atoms with E-state index in [-0.39, 0.29) is 18.4 Å². The van der Waals surface area contributed by atoms with E-state index >= 15 is 0 Å². The number of phenols is 1. The van der Waals surface area contributed by atoms with Crippen molar-refractivity contribution >= 4 is 15.9 Å². The van der Waals surface area contributed by atoms with E-state index in [0.717, 1.165) is 16.5 Å². The molecule has 0 saturated carbocycles. The van der Waals surface area contributed by atoms with E-state index < -0.39 is 0 Å². The van der Waals surface area contributed by atoms with E-state index in [9.17, 15) is 10.2 Å². The maximum Gasteiger partial charge on any atom is 0.120 e. The normalized spacial score (nSPS) is 12.3. The van der Waals surface area contributed by atoms with Crippen molar-refractivity contribution in [1.82, 2.24) is 5.32 Å². The van der Waals surface area contributed by atoms with E-state index in [1.54, 1.807) is 12.1 Å². The summed E-state index contributed by atoms with van der Waals surface area (Å²) in [5.74, 6) is 0.261. The summed E-state index contributed by atoms with van der Waals surface area (Å²) in [7, 11) is 0. The Kier molecular flexibility index (Phi) is 5.59. The molecule has 3 nitrogen and oxygen atoms in total. The van der Waals surface area contributed by atoms with Gasteiger partial charge in [-0.1, -0.05) is 46.3 Å². The van der Waals surface area contributed by atoms with Gasteiger partial charge in [-0.25, -0.2) is 0 Å². The summed E-state index contributed by atoms with van der Waals surface area (Å²) in [4.78, 5) is 0. The highest BCUT2D eigenvalue weighted by Crippen LogP contribution is 2.21. The lowest BCUT2D eigenvalue weighted by atomic mass is 10.1. The van der Waals surface area contributed by atoms with Crippen LogP contribution in [0.3, 0.4) is 0 Å². The Morgan fingerprint density at radius 3 is 2.55 bits per heavy atom. The number of rotatable bonds is 6. The molecule has 0 heterocycles. The third-order valence-electron chi connectivity index (χ3n) is 3.17. The fourth-order valence-electron chi connectivity index (χ4n) is 2.05. The van der Waals surface area contributed by atoms with Gasteiger partial charge in [0.25, 0.3) is 0 Å². The minimum absolute atomic E-state index is 0.0317. The van der Waals surface area contributed by atoms with Crippen LogP contribution in [0, 0.1) is 0 Å². The van der Waals surface area contributed by atoms with Crippen LogP contribution < -0.4 is 5.32 Å². The minimum Gasteiger partial charge on any atom is -0.508 e. The number of aromatic hydroxyl groups is 1. The van der Waals surface area contributed by atoms with Crippen molar-refractivity contribution in [1.29, 1.82) is 0 Å². The number of hydrogen-bond acceptors (Lipinski definition) is 3. The van der Waals surface area contributed by atoms with Crippen molar-refractivity contribution in [2.45, 2.75) is 19.0 Å². The first kappa shape index (κ1) is 15.0. The van der Waals surface area contributed by atoms with Crippen LogP contribution in [-0.2, 0) is 13.0 Å². The Morgan fingerprint density at radius 1 is 1.10 bits per heavy atom. The first-order chi connectivity index (χ1) is 9.69. The maximum atomic E-state index is 9.79. The Morgan fingerprint density at radius 2 is 1.85 bits per heavy atom. The number of halogens is 1. The van der Waals surface area contributed by atoms with Gasteiger partial charge in [-0.05, 0) is 30.2 Å². The second-order valence-corrected chi connectivity index (χ2v) is 5.64. The van der Waals surface area contributed by atoms with Crippen molar-refractivity contribution in [3.05, 3.63) is 64.1 Å². The predicted molar refractivity (Wildman–Crippen MR) is 83.7 cm³/mol. The molecule has 0 fully saturated rings. The summed E-state index contributed by atoms with van der Waals surface area (Å²) in [6.07, 6.45) is 0.756. The fourth-order valence-corrected chi connectivity index (χ4v) is 2.46. The topological polar surface area (TPSA) is 52.5 Å². The van der Waals surface area contributed by atoms with Crippen molar-refractivity contribution in [2.24, 2.45) is 0 Å². The quantitative estimate of drug-likeness (QED) is 0.760. The van der Waals surface area contributed by atoms with E-state index in [4.69, 9.17) is 0 Å². The number of benzene rings is 2. The van der Waals surface area contributed by atoms with Gasteiger partial charge >= 0.3 is 0 Å². The maximum absolute atomic E-state index is 9.79. The lowest BCUT2D eigenvalue weighted by Gasteiger charge is -2.17. The zero-order valence-electron chi connectivity index (χ0n) is 11.1. The molecule has 0 bridgehead atoms. The molecule has 0 aliphatic heterocycles. The molecule has 4 heteroatoms. The van der Waals surface area contributed by atoms with Gasteiger partial charge in [0.1, 0.15) is 5.75 Å². The lowest BCUT2D eigenvalue weighted by molar-refractivity contribution is 0.240. The van der Waals surface area contributed by atoms with Gasteiger partial charge in [-0.15, -0.1) is 0 Å². The summed E-state index contributed by atoms with van der Waals surface area (Å²) in [6.45, 7) is 0.576.